The molecule has 7 heteroatoms. The number of carbonyl (C=O) groups excluding carboxylic acids is 1. The Bertz CT molecular complexity index is 722. The molecule has 1 atom stereocenters. The number of halogens is 1. The molecule has 6 nitrogen and oxygen atoms in total. The number of aliphatic hydroxyl groups excluding tert-OH is 1. The van der Waals surface area contributed by atoms with E-state index in [-0.39, 0.29) is 13.2 Å². The number of amides is 1. The average Bonchev–Trinajstić information content (AvgIpc) is 2.57. The van der Waals surface area contributed by atoms with Crippen LogP contribution in [0.25, 0.3) is 10.8 Å². The average molecular weight is 412 g/mol. The van der Waals surface area contributed by atoms with Crippen LogP contribution in [0.2, 0.25) is 0 Å². The highest BCUT2D eigenvalue weighted by Gasteiger charge is 2.13. The van der Waals surface area contributed by atoms with E-state index in [9.17, 15) is 9.90 Å². The second kappa shape index (κ2) is 9.60. The number of ether oxygens (including phenoxy) is 3. The zero-order valence-corrected chi connectivity index (χ0v) is 15.6. The molecule has 0 aliphatic heterocycles. The second-order valence-corrected chi connectivity index (χ2v) is 6.49. The molecule has 25 heavy (non-hydrogen) atoms. The number of aliphatic hydroxyl groups is 1. The summed E-state index contributed by atoms with van der Waals surface area (Å²) >= 11 is 3.44. The lowest BCUT2D eigenvalue weighted by Crippen LogP contribution is -2.27. The van der Waals surface area contributed by atoms with Gasteiger partial charge in [-0.05, 0) is 41.8 Å². The molecule has 1 amide bonds. The summed E-state index contributed by atoms with van der Waals surface area (Å²) in [7, 11) is 1.54. The number of primary amides is 1. The fraction of sp³-hybridized carbons (Fsp3) is 0.389. The molecular formula is C18H22BrNO5. The Morgan fingerprint density at radius 1 is 1.32 bits per heavy atom. The fourth-order valence-electron chi connectivity index (χ4n) is 2.66. The van der Waals surface area contributed by atoms with E-state index in [0.717, 1.165) is 20.8 Å². The first-order chi connectivity index (χ1) is 12.0. The Morgan fingerprint density at radius 2 is 2.12 bits per heavy atom. The van der Waals surface area contributed by atoms with E-state index in [4.69, 9.17) is 19.9 Å². The number of methoxy groups -OCH3 is 1. The van der Waals surface area contributed by atoms with Gasteiger partial charge in [0.05, 0.1) is 19.8 Å². The Kier molecular flexibility index (Phi) is 7.49. The van der Waals surface area contributed by atoms with Gasteiger partial charge in [-0.3, -0.25) is 0 Å². The monoisotopic (exact) mass is 411 g/mol. The van der Waals surface area contributed by atoms with Gasteiger partial charge < -0.3 is 25.1 Å². The first-order valence-corrected chi connectivity index (χ1v) is 8.74. The molecule has 0 radical (unpaired) electrons. The third-order valence-corrected chi connectivity index (χ3v) is 4.27. The van der Waals surface area contributed by atoms with Crippen molar-refractivity contribution in [2.75, 3.05) is 20.3 Å². The summed E-state index contributed by atoms with van der Waals surface area (Å²) < 4.78 is 16.8. The Balaban J connectivity index is 1.98. The molecule has 0 fully saturated rings. The van der Waals surface area contributed by atoms with Crippen LogP contribution in [-0.2, 0) is 16.1 Å². The predicted octanol–water partition coefficient (Wildman–Crippen LogP) is 3.36. The topological polar surface area (TPSA) is 91.0 Å². The summed E-state index contributed by atoms with van der Waals surface area (Å²) in [5, 5.41) is 11.7. The highest BCUT2D eigenvalue weighted by atomic mass is 79.9. The predicted molar refractivity (Wildman–Crippen MR) is 98.6 cm³/mol. The number of hydrogen-bond donors (Lipinski definition) is 2. The van der Waals surface area contributed by atoms with Crippen molar-refractivity contribution in [3.63, 3.8) is 0 Å². The zero-order valence-electron chi connectivity index (χ0n) is 14.0. The number of hydrogen-bond acceptors (Lipinski definition) is 5. The van der Waals surface area contributed by atoms with Gasteiger partial charge in [0.2, 0.25) is 0 Å². The SMILES string of the molecule is COC[C@@H](CCCOc1ccc2cc(Br)ccc2c1CO)OC(N)=O. The molecular weight excluding hydrogens is 390 g/mol. The summed E-state index contributed by atoms with van der Waals surface area (Å²) in [6.07, 6.45) is 0.0274. The summed E-state index contributed by atoms with van der Waals surface area (Å²) in [5.74, 6) is 0.649. The van der Waals surface area contributed by atoms with Gasteiger partial charge in [-0.25, -0.2) is 4.79 Å². The number of benzene rings is 2. The van der Waals surface area contributed by atoms with Crippen LogP contribution in [0.5, 0.6) is 5.75 Å². The first-order valence-electron chi connectivity index (χ1n) is 7.95. The highest BCUT2D eigenvalue weighted by molar-refractivity contribution is 9.10. The third-order valence-electron chi connectivity index (χ3n) is 3.77. The Hall–Kier alpha value is -1.83. The molecule has 0 saturated heterocycles. The molecule has 0 aliphatic rings. The Labute approximate surface area is 155 Å². The van der Waals surface area contributed by atoms with Gasteiger partial charge >= 0.3 is 6.09 Å². The lowest BCUT2D eigenvalue weighted by atomic mass is 10.0. The lowest BCUT2D eigenvalue weighted by Gasteiger charge is -2.16. The van der Waals surface area contributed by atoms with E-state index >= 15 is 0 Å². The second-order valence-electron chi connectivity index (χ2n) is 5.57. The summed E-state index contributed by atoms with van der Waals surface area (Å²) in [6.45, 7) is 0.610. The molecule has 0 spiro atoms. The molecule has 2 aromatic carbocycles. The van der Waals surface area contributed by atoms with Crippen molar-refractivity contribution in [3.8, 4) is 5.75 Å². The Morgan fingerprint density at radius 3 is 2.80 bits per heavy atom. The smallest absolute Gasteiger partial charge is 0.404 e. The van der Waals surface area contributed by atoms with Crippen molar-refractivity contribution in [1.82, 2.24) is 0 Å². The standard InChI is InChI=1S/C18H22BrNO5/c1-23-11-14(25-18(20)22)3-2-8-24-17-7-4-12-9-13(19)5-6-15(12)16(17)10-21/h4-7,9,14,21H,2-3,8,10-11H2,1H3,(H2,20,22)/t14-/m1/s1. The minimum absolute atomic E-state index is 0.106. The van der Waals surface area contributed by atoms with E-state index in [1.54, 1.807) is 0 Å². The number of nitrogens with two attached hydrogens (primary N) is 1. The fourth-order valence-corrected chi connectivity index (χ4v) is 3.04. The minimum atomic E-state index is -0.814. The van der Waals surface area contributed by atoms with Gasteiger partial charge in [0.25, 0.3) is 0 Å². The van der Waals surface area contributed by atoms with Crippen LogP contribution in [0.1, 0.15) is 18.4 Å². The maximum absolute atomic E-state index is 10.9. The molecule has 3 N–H and O–H groups in total. The number of carbonyl (C=O) groups is 1. The van der Waals surface area contributed by atoms with Crippen molar-refractivity contribution in [1.29, 1.82) is 0 Å². The molecule has 2 rings (SSSR count). The molecule has 0 aromatic heterocycles. The highest BCUT2D eigenvalue weighted by Crippen LogP contribution is 2.30. The van der Waals surface area contributed by atoms with Crippen LogP contribution >= 0.6 is 15.9 Å². The number of rotatable bonds is 9. The van der Waals surface area contributed by atoms with Crippen LogP contribution < -0.4 is 10.5 Å². The molecule has 0 saturated carbocycles. The van der Waals surface area contributed by atoms with E-state index in [1.807, 2.05) is 30.3 Å². The van der Waals surface area contributed by atoms with Gasteiger partial charge in [0.15, 0.2) is 0 Å². The van der Waals surface area contributed by atoms with Crippen LogP contribution in [0.15, 0.2) is 34.8 Å². The molecule has 0 bridgehead atoms. The van der Waals surface area contributed by atoms with E-state index in [0.29, 0.717) is 25.2 Å². The van der Waals surface area contributed by atoms with Crippen LogP contribution in [0.4, 0.5) is 4.79 Å². The van der Waals surface area contributed by atoms with Gasteiger partial charge in [0, 0.05) is 17.1 Å². The largest absolute Gasteiger partial charge is 0.493 e. The summed E-state index contributed by atoms with van der Waals surface area (Å²) in [6, 6.07) is 9.69. The van der Waals surface area contributed by atoms with Gasteiger partial charge in [-0.2, -0.15) is 0 Å². The van der Waals surface area contributed by atoms with Crippen LogP contribution in [0.3, 0.4) is 0 Å². The summed E-state index contributed by atoms with van der Waals surface area (Å²) in [4.78, 5) is 10.9. The maximum atomic E-state index is 10.9. The first kappa shape index (κ1) is 19.5. The quantitative estimate of drug-likeness (QED) is 0.617. The van der Waals surface area contributed by atoms with Gasteiger partial charge in [-0.1, -0.05) is 28.1 Å². The van der Waals surface area contributed by atoms with Crippen molar-refractivity contribution in [2.45, 2.75) is 25.6 Å². The van der Waals surface area contributed by atoms with Crippen molar-refractivity contribution >= 4 is 32.8 Å². The molecule has 2 aromatic rings. The van der Waals surface area contributed by atoms with Gasteiger partial charge in [-0.15, -0.1) is 0 Å². The van der Waals surface area contributed by atoms with Crippen LogP contribution in [0, 0.1) is 0 Å². The molecule has 0 heterocycles. The molecule has 0 aliphatic carbocycles. The third kappa shape index (κ3) is 5.59. The number of fused-ring (bicyclic) bond motifs is 1. The van der Waals surface area contributed by atoms with Crippen molar-refractivity contribution < 1.29 is 24.1 Å². The van der Waals surface area contributed by atoms with E-state index in [1.165, 1.54) is 7.11 Å². The maximum Gasteiger partial charge on any atom is 0.404 e. The summed E-state index contributed by atoms with van der Waals surface area (Å²) in [5.41, 5.74) is 5.80. The normalized spacial score (nSPS) is 12.1. The molecule has 0 unspecified atom stereocenters. The van der Waals surface area contributed by atoms with Crippen LogP contribution in [-0.4, -0.2) is 37.6 Å². The van der Waals surface area contributed by atoms with Crippen molar-refractivity contribution in [2.24, 2.45) is 5.73 Å². The van der Waals surface area contributed by atoms with Crippen molar-refractivity contribution in [3.05, 3.63) is 40.4 Å². The van der Waals surface area contributed by atoms with Gasteiger partial charge in [0.1, 0.15) is 11.9 Å². The van der Waals surface area contributed by atoms with E-state index < -0.39 is 12.2 Å². The molecule has 136 valence electrons. The zero-order chi connectivity index (χ0) is 18.2. The minimum Gasteiger partial charge on any atom is -0.493 e. The van der Waals surface area contributed by atoms with E-state index in [2.05, 4.69) is 15.9 Å². The lowest BCUT2D eigenvalue weighted by molar-refractivity contribution is 0.0364.